The fraction of sp³-hybridized carbons (Fsp3) is 0.667. The Kier molecular flexibility index (Phi) is 4.19. The van der Waals surface area contributed by atoms with Crippen LogP contribution in [0.25, 0.3) is 4.96 Å². The summed E-state index contributed by atoms with van der Waals surface area (Å²) < 4.78 is 7.82. The number of hydrogen-bond acceptors (Lipinski definition) is 5. The van der Waals surface area contributed by atoms with E-state index < -0.39 is 0 Å². The summed E-state index contributed by atoms with van der Waals surface area (Å²) in [7, 11) is 1.80. The molecule has 2 N–H and O–H groups in total. The number of rotatable bonds is 4. The third kappa shape index (κ3) is 2.80. The molecule has 21 heavy (non-hydrogen) atoms. The van der Waals surface area contributed by atoms with Crippen molar-refractivity contribution in [1.82, 2.24) is 9.38 Å². The Morgan fingerprint density at radius 3 is 3.10 bits per heavy atom. The van der Waals surface area contributed by atoms with Crippen molar-refractivity contribution in [3.05, 3.63) is 17.3 Å². The molecule has 6 heteroatoms. The number of thiazole rings is 1. The average molecular weight is 308 g/mol. The van der Waals surface area contributed by atoms with Crippen molar-refractivity contribution in [3.63, 3.8) is 0 Å². The van der Waals surface area contributed by atoms with Gasteiger partial charge in [-0.2, -0.15) is 0 Å². The highest BCUT2D eigenvalue weighted by molar-refractivity contribution is 7.15. The minimum absolute atomic E-state index is 0.130. The van der Waals surface area contributed by atoms with E-state index in [0.717, 1.165) is 36.7 Å². The first kappa shape index (κ1) is 14.8. The minimum Gasteiger partial charge on any atom is -0.379 e. The molecule has 1 saturated heterocycles. The largest absolute Gasteiger partial charge is 0.379 e. The first-order valence-electron chi connectivity index (χ1n) is 7.58. The molecule has 0 amide bonds. The number of nitrogens with two attached hydrogens (primary N) is 1. The lowest BCUT2D eigenvalue weighted by atomic mass is 9.95. The lowest BCUT2D eigenvalue weighted by Gasteiger charge is -2.37. The van der Waals surface area contributed by atoms with Gasteiger partial charge < -0.3 is 15.4 Å². The van der Waals surface area contributed by atoms with Gasteiger partial charge in [0.15, 0.2) is 10.8 Å². The quantitative estimate of drug-likeness (QED) is 0.940. The zero-order chi connectivity index (χ0) is 15.0. The third-order valence-electron chi connectivity index (χ3n) is 4.35. The second-order valence-corrected chi connectivity index (χ2v) is 6.98. The van der Waals surface area contributed by atoms with Crippen molar-refractivity contribution in [2.45, 2.75) is 38.8 Å². The molecule has 116 valence electrons. The SMILES string of the molecule is COC1CN(c2nc3sccn3c2CC(C)N)CCC1C. The predicted octanol–water partition coefficient (Wildman–Crippen LogP) is 2.15. The van der Waals surface area contributed by atoms with Crippen LogP contribution in [0, 0.1) is 5.92 Å². The lowest BCUT2D eigenvalue weighted by Crippen LogP contribution is -2.44. The predicted molar refractivity (Wildman–Crippen MR) is 87.2 cm³/mol. The summed E-state index contributed by atoms with van der Waals surface area (Å²) in [6.45, 7) is 6.26. The van der Waals surface area contributed by atoms with E-state index in [1.54, 1.807) is 18.4 Å². The van der Waals surface area contributed by atoms with Gasteiger partial charge in [-0.15, -0.1) is 11.3 Å². The molecular formula is C15H24N4OS. The molecule has 3 atom stereocenters. The van der Waals surface area contributed by atoms with Gasteiger partial charge in [0, 0.05) is 44.2 Å². The highest BCUT2D eigenvalue weighted by atomic mass is 32.1. The van der Waals surface area contributed by atoms with Crippen molar-refractivity contribution in [2.24, 2.45) is 11.7 Å². The Morgan fingerprint density at radius 1 is 1.57 bits per heavy atom. The summed E-state index contributed by atoms with van der Waals surface area (Å²) in [5.41, 5.74) is 7.26. The van der Waals surface area contributed by atoms with Gasteiger partial charge in [-0.05, 0) is 19.3 Å². The Labute approximate surface area is 129 Å². The zero-order valence-corrected chi connectivity index (χ0v) is 13.8. The summed E-state index contributed by atoms with van der Waals surface area (Å²) >= 11 is 1.67. The zero-order valence-electron chi connectivity index (χ0n) is 13.0. The van der Waals surface area contributed by atoms with Gasteiger partial charge in [-0.25, -0.2) is 4.98 Å². The van der Waals surface area contributed by atoms with Crippen LogP contribution in [-0.4, -0.2) is 41.7 Å². The molecule has 0 bridgehead atoms. The molecule has 3 unspecified atom stereocenters. The van der Waals surface area contributed by atoms with E-state index in [-0.39, 0.29) is 12.1 Å². The average Bonchev–Trinajstić information content (AvgIpc) is 3.02. The number of methoxy groups -OCH3 is 1. The van der Waals surface area contributed by atoms with Crippen LogP contribution >= 0.6 is 11.3 Å². The molecule has 0 aromatic carbocycles. The fourth-order valence-electron chi connectivity index (χ4n) is 3.10. The molecule has 3 heterocycles. The maximum Gasteiger partial charge on any atom is 0.195 e. The highest BCUT2D eigenvalue weighted by Crippen LogP contribution is 2.30. The number of ether oxygens (including phenoxy) is 1. The minimum atomic E-state index is 0.130. The summed E-state index contributed by atoms with van der Waals surface area (Å²) in [6.07, 6.45) is 4.36. The van der Waals surface area contributed by atoms with E-state index >= 15 is 0 Å². The van der Waals surface area contributed by atoms with Gasteiger partial charge in [-0.1, -0.05) is 6.92 Å². The molecule has 1 aliphatic heterocycles. The van der Waals surface area contributed by atoms with E-state index in [0.29, 0.717) is 5.92 Å². The van der Waals surface area contributed by atoms with Crippen LogP contribution in [0.2, 0.25) is 0 Å². The van der Waals surface area contributed by atoms with Crippen LogP contribution < -0.4 is 10.6 Å². The van der Waals surface area contributed by atoms with E-state index in [2.05, 4.69) is 27.8 Å². The standard InChI is InChI=1S/C15H24N4OS/c1-10-4-5-18(9-13(10)20-3)14-12(8-11(2)16)19-6-7-21-15(19)17-14/h6-7,10-11,13H,4-5,8-9,16H2,1-3H3. The number of nitrogens with zero attached hydrogens (tertiary/aromatic N) is 3. The van der Waals surface area contributed by atoms with Crippen LogP contribution in [0.15, 0.2) is 11.6 Å². The molecule has 2 aromatic rings. The normalized spacial score (nSPS) is 24.7. The van der Waals surface area contributed by atoms with Gasteiger partial charge in [0.1, 0.15) is 0 Å². The van der Waals surface area contributed by atoms with Gasteiger partial charge in [-0.3, -0.25) is 4.40 Å². The van der Waals surface area contributed by atoms with Crippen LogP contribution in [0.3, 0.4) is 0 Å². The smallest absolute Gasteiger partial charge is 0.195 e. The summed E-state index contributed by atoms with van der Waals surface area (Å²) in [4.78, 5) is 8.26. The van der Waals surface area contributed by atoms with E-state index in [1.807, 2.05) is 6.92 Å². The third-order valence-corrected chi connectivity index (χ3v) is 5.10. The molecule has 3 rings (SSSR count). The number of fused-ring (bicyclic) bond motifs is 1. The van der Waals surface area contributed by atoms with Crippen LogP contribution in [0.5, 0.6) is 0 Å². The highest BCUT2D eigenvalue weighted by Gasteiger charge is 2.29. The lowest BCUT2D eigenvalue weighted by molar-refractivity contribution is 0.0496. The molecule has 0 spiro atoms. The molecule has 0 aliphatic carbocycles. The van der Waals surface area contributed by atoms with E-state index in [1.165, 1.54) is 5.69 Å². The number of anilines is 1. The number of imidazole rings is 1. The Bertz CT molecular complexity index is 606. The topological polar surface area (TPSA) is 55.8 Å². The molecule has 0 radical (unpaired) electrons. The molecule has 5 nitrogen and oxygen atoms in total. The van der Waals surface area contributed by atoms with E-state index in [4.69, 9.17) is 15.5 Å². The monoisotopic (exact) mass is 308 g/mol. The fourth-order valence-corrected chi connectivity index (χ4v) is 3.83. The van der Waals surface area contributed by atoms with Crippen molar-refractivity contribution < 1.29 is 4.74 Å². The van der Waals surface area contributed by atoms with Crippen molar-refractivity contribution >= 4 is 22.1 Å². The van der Waals surface area contributed by atoms with Crippen LogP contribution in [0.1, 0.15) is 26.0 Å². The molecule has 1 fully saturated rings. The molecular weight excluding hydrogens is 284 g/mol. The first-order valence-corrected chi connectivity index (χ1v) is 8.46. The van der Waals surface area contributed by atoms with Gasteiger partial charge in [0.25, 0.3) is 0 Å². The summed E-state index contributed by atoms with van der Waals surface area (Å²) in [5.74, 6) is 1.69. The van der Waals surface area contributed by atoms with Crippen molar-refractivity contribution in [2.75, 3.05) is 25.1 Å². The van der Waals surface area contributed by atoms with Gasteiger partial charge >= 0.3 is 0 Å². The Balaban J connectivity index is 1.93. The van der Waals surface area contributed by atoms with Crippen molar-refractivity contribution in [1.29, 1.82) is 0 Å². The summed E-state index contributed by atoms with van der Waals surface area (Å²) in [5, 5.41) is 2.08. The maximum atomic E-state index is 6.04. The number of aromatic nitrogens is 2. The van der Waals surface area contributed by atoms with Crippen LogP contribution in [-0.2, 0) is 11.2 Å². The number of hydrogen-bond donors (Lipinski definition) is 1. The molecule has 2 aromatic heterocycles. The molecule has 0 saturated carbocycles. The van der Waals surface area contributed by atoms with Crippen LogP contribution in [0.4, 0.5) is 5.82 Å². The Hall–Kier alpha value is -1.11. The number of piperidine rings is 1. The Morgan fingerprint density at radius 2 is 2.38 bits per heavy atom. The van der Waals surface area contributed by atoms with Gasteiger partial charge in [0.2, 0.25) is 0 Å². The van der Waals surface area contributed by atoms with Crippen molar-refractivity contribution in [3.8, 4) is 0 Å². The van der Waals surface area contributed by atoms with Gasteiger partial charge in [0.05, 0.1) is 11.8 Å². The molecule has 1 aliphatic rings. The van der Waals surface area contributed by atoms with E-state index in [9.17, 15) is 0 Å². The maximum absolute atomic E-state index is 6.04. The second kappa shape index (κ2) is 5.94. The first-order chi connectivity index (χ1) is 10.1. The second-order valence-electron chi connectivity index (χ2n) is 6.11. The summed E-state index contributed by atoms with van der Waals surface area (Å²) in [6, 6.07) is 0.130.